The average molecular weight is 564 g/mol. The van der Waals surface area contributed by atoms with Crippen LogP contribution < -0.4 is 0 Å². The lowest BCUT2D eigenvalue weighted by molar-refractivity contribution is -0.158. The van der Waals surface area contributed by atoms with Gasteiger partial charge in [-0.2, -0.15) is 0 Å². The maximum absolute atomic E-state index is 14.7. The fourth-order valence-electron chi connectivity index (χ4n) is 7.62. The molecule has 2 saturated heterocycles. The first-order valence-corrected chi connectivity index (χ1v) is 15.2. The summed E-state index contributed by atoms with van der Waals surface area (Å²) in [4.78, 5) is 48.9. The van der Waals surface area contributed by atoms with Gasteiger partial charge in [0.2, 0.25) is 17.7 Å². The van der Waals surface area contributed by atoms with E-state index in [-0.39, 0.29) is 36.3 Å². The Bertz CT molecular complexity index is 1220. The Morgan fingerprint density at radius 1 is 0.976 bits per heavy atom. The van der Waals surface area contributed by atoms with Crippen molar-refractivity contribution in [2.45, 2.75) is 89.8 Å². The van der Waals surface area contributed by atoms with Crippen LogP contribution in [0.15, 0.2) is 54.6 Å². The Morgan fingerprint density at radius 2 is 1.68 bits per heavy atom. The number of ether oxygens (including phenoxy) is 1. The molecule has 1 aromatic rings. The molecular weight excluding hydrogens is 518 g/mol. The number of aliphatic hydroxyl groups excluding tert-OH is 1. The molecule has 2 unspecified atom stereocenters. The van der Waals surface area contributed by atoms with Gasteiger partial charge in [-0.05, 0) is 31.7 Å². The fraction of sp³-hybridized carbons (Fsp3) is 0.606. The number of nitrogens with zero attached hydrogens (tertiary/aromatic N) is 3. The molecule has 2 fully saturated rings. The molecule has 1 aromatic carbocycles. The number of fused-ring (bicyclic) bond motifs is 2. The van der Waals surface area contributed by atoms with Crippen LogP contribution in [0.5, 0.6) is 0 Å². The molecule has 0 bridgehead atoms. The maximum Gasteiger partial charge on any atom is 0.249 e. The van der Waals surface area contributed by atoms with Crippen molar-refractivity contribution in [1.82, 2.24) is 14.7 Å². The minimum Gasteiger partial charge on any atom is -0.394 e. The van der Waals surface area contributed by atoms with E-state index in [1.807, 2.05) is 87.2 Å². The molecule has 222 valence electrons. The molecule has 4 aliphatic rings. The molecule has 5 rings (SSSR count). The van der Waals surface area contributed by atoms with Crippen molar-refractivity contribution >= 4 is 17.7 Å². The summed E-state index contributed by atoms with van der Waals surface area (Å²) in [6, 6.07) is 8.27. The lowest BCUT2D eigenvalue weighted by atomic mass is 9.74. The first kappa shape index (κ1) is 29.5. The Kier molecular flexibility index (Phi) is 8.18. The van der Waals surface area contributed by atoms with Crippen LogP contribution in [0.2, 0.25) is 0 Å². The zero-order valence-electron chi connectivity index (χ0n) is 25.0. The van der Waals surface area contributed by atoms with Gasteiger partial charge in [0.25, 0.3) is 0 Å². The molecule has 8 nitrogen and oxygen atoms in total. The second-order valence-corrected chi connectivity index (χ2v) is 12.5. The topological polar surface area (TPSA) is 90.4 Å². The first-order chi connectivity index (χ1) is 19.6. The number of likely N-dealkylation sites (tertiary alicyclic amines) is 1. The maximum atomic E-state index is 14.7. The highest BCUT2D eigenvalue weighted by Gasteiger charge is 2.75. The van der Waals surface area contributed by atoms with Gasteiger partial charge in [-0.3, -0.25) is 14.4 Å². The standard InChI is InChI=1S/C33H45N3O5/c1-6-13-23(4)35-19-12-17-33-27(30(39)36(28(33)31(35)40)25(21-37)22(3)7-2)26-29(38)34(18-11-16-32(26,5)41-33)20-24-14-9-8-10-15-24/h8-12,14-17,22-23,25-28,37H,6-7,13,18-21H2,1-5H3/t22-,23?,25-,26-,27-,28?,32+,33-/m0/s1. The predicted molar refractivity (Wildman–Crippen MR) is 156 cm³/mol. The summed E-state index contributed by atoms with van der Waals surface area (Å²) < 4.78 is 6.95. The van der Waals surface area contributed by atoms with E-state index in [0.717, 1.165) is 24.8 Å². The number of hydrogen-bond donors (Lipinski definition) is 1. The van der Waals surface area contributed by atoms with Gasteiger partial charge in [-0.15, -0.1) is 0 Å². The van der Waals surface area contributed by atoms with Gasteiger partial charge in [-0.25, -0.2) is 0 Å². The number of benzene rings is 1. The molecule has 0 radical (unpaired) electrons. The van der Waals surface area contributed by atoms with Crippen molar-refractivity contribution < 1.29 is 24.2 Å². The number of carbonyl (C=O) groups is 3. The molecule has 0 aliphatic carbocycles. The van der Waals surface area contributed by atoms with E-state index in [9.17, 15) is 19.5 Å². The number of aliphatic hydroxyl groups is 1. The van der Waals surface area contributed by atoms with Crippen molar-refractivity contribution in [2.24, 2.45) is 17.8 Å². The third kappa shape index (κ3) is 4.73. The van der Waals surface area contributed by atoms with E-state index >= 15 is 0 Å². The second kappa shape index (κ2) is 11.4. The average Bonchev–Trinajstić information content (AvgIpc) is 3.23. The third-order valence-corrected chi connectivity index (χ3v) is 9.91. The smallest absolute Gasteiger partial charge is 0.249 e. The molecule has 0 aromatic heterocycles. The Hall–Kier alpha value is -2.97. The molecular formula is C33H45N3O5. The van der Waals surface area contributed by atoms with Gasteiger partial charge in [0.05, 0.1) is 30.1 Å². The van der Waals surface area contributed by atoms with Gasteiger partial charge in [0, 0.05) is 25.7 Å². The van der Waals surface area contributed by atoms with E-state index in [0.29, 0.717) is 19.6 Å². The summed E-state index contributed by atoms with van der Waals surface area (Å²) >= 11 is 0. The largest absolute Gasteiger partial charge is 0.394 e. The highest BCUT2D eigenvalue weighted by molar-refractivity contribution is 6.00. The van der Waals surface area contributed by atoms with Crippen molar-refractivity contribution in [3.8, 4) is 0 Å². The number of carbonyl (C=O) groups excluding carboxylic acids is 3. The zero-order chi connectivity index (χ0) is 29.5. The summed E-state index contributed by atoms with van der Waals surface area (Å²) in [6.07, 6.45) is 10.2. The monoisotopic (exact) mass is 563 g/mol. The molecule has 4 heterocycles. The van der Waals surface area contributed by atoms with Crippen molar-refractivity contribution in [2.75, 3.05) is 19.7 Å². The molecule has 4 aliphatic heterocycles. The van der Waals surface area contributed by atoms with E-state index in [1.54, 1.807) is 9.80 Å². The fourth-order valence-corrected chi connectivity index (χ4v) is 7.62. The van der Waals surface area contributed by atoms with Crippen LogP contribution in [-0.4, -0.2) is 86.6 Å². The second-order valence-electron chi connectivity index (χ2n) is 12.5. The van der Waals surface area contributed by atoms with Gasteiger partial charge < -0.3 is 24.5 Å². The third-order valence-electron chi connectivity index (χ3n) is 9.91. The summed E-state index contributed by atoms with van der Waals surface area (Å²) in [6.45, 7) is 11.0. The minimum absolute atomic E-state index is 0.0233. The Morgan fingerprint density at radius 3 is 2.34 bits per heavy atom. The lowest BCUT2D eigenvalue weighted by Gasteiger charge is -2.42. The van der Waals surface area contributed by atoms with E-state index in [4.69, 9.17) is 4.74 Å². The van der Waals surface area contributed by atoms with Crippen LogP contribution in [-0.2, 0) is 25.7 Å². The van der Waals surface area contributed by atoms with E-state index in [1.165, 1.54) is 0 Å². The van der Waals surface area contributed by atoms with Crippen LogP contribution in [0.3, 0.4) is 0 Å². The SMILES string of the molecule is CCCC(C)N1CC=C[C@]23O[C@]4(C)C=CCN(Cc5ccccc5)C(=O)[C@@H]4[C@H]2C(=O)N([C@@H](CO)[C@@H](C)CC)C3C1=O. The summed E-state index contributed by atoms with van der Waals surface area (Å²) in [5.74, 6) is -2.35. The summed E-state index contributed by atoms with van der Waals surface area (Å²) in [7, 11) is 0. The normalized spacial score (nSPS) is 33.3. The minimum atomic E-state index is -1.31. The molecule has 3 amide bonds. The lowest BCUT2D eigenvalue weighted by Crippen LogP contribution is -2.60. The van der Waals surface area contributed by atoms with Gasteiger partial charge in [-0.1, -0.05) is 88.2 Å². The van der Waals surface area contributed by atoms with Crippen LogP contribution in [0.25, 0.3) is 0 Å². The highest BCUT2D eigenvalue weighted by Crippen LogP contribution is 2.58. The van der Waals surface area contributed by atoms with Crippen molar-refractivity contribution in [3.05, 3.63) is 60.2 Å². The van der Waals surface area contributed by atoms with Gasteiger partial charge >= 0.3 is 0 Å². The Labute approximate surface area is 244 Å². The first-order valence-electron chi connectivity index (χ1n) is 15.2. The molecule has 41 heavy (non-hydrogen) atoms. The van der Waals surface area contributed by atoms with Gasteiger partial charge in [0.15, 0.2) is 0 Å². The predicted octanol–water partition coefficient (Wildman–Crippen LogP) is 3.55. The number of hydrogen-bond acceptors (Lipinski definition) is 5. The number of rotatable bonds is 9. The van der Waals surface area contributed by atoms with Crippen LogP contribution in [0.1, 0.15) is 59.4 Å². The molecule has 1 spiro atoms. The van der Waals surface area contributed by atoms with Gasteiger partial charge in [0.1, 0.15) is 11.6 Å². The quantitative estimate of drug-likeness (QED) is 0.464. The van der Waals surface area contributed by atoms with Crippen LogP contribution in [0, 0.1) is 17.8 Å². The van der Waals surface area contributed by atoms with Crippen molar-refractivity contribution in [1.29, 1.82) is 0 Å². The van der Waals surface area contributed by atoms with Crippen LogP contribution in [0.4, 0.5) is 0 Å². The molecule has 0 saturated carbocycles. The zero-order valence-corrected chi connectivity index (χ0v) is 25.0. The number of amides is 3. The van der Waals surface area contributed by atoms with Crippen LogP contribution >= 0.6 is 0 Å². The van der Waals surface area contributed by atoms with E-state index < -0.39 is 35.1 Å². The van der Waals surface area contributed by atoms with Crippen molar-refractivity contribution in [3.63, 3.8) is 0 Å². The highest BCUT2D eigenvalue weighted by atomic mass is 16.5. The molecule has 1 N–H and O–H groups in total. The summed E-state index contributed by atoms with van der Waals surface area (Å²) in [5.41, 5.74) is -1.37. The van der Waals surface area contributed by atoms with E-state index in [2.05, 4.69) is 6.92 Å². The summed E-state index contributed by atoms with van der Waals surface area (Å²) in [5, 5.41) is 10.6. The Balaban J connectivity index is 1.62. The molecule has 8 heteroatoms. The molecule has 8 atom stereocenters.